The lowest BCUT2D eigenvalue weighted by Crippen LogP contribution is -2.52. The first-order chi connectivity index (χ1) is 13.3. The molecule has 0 unspecified atom stereocenters. The van der Waals surface area contributed by atoms with Crippen LogP contribution >= 0.6 is 0 Å². The summed E-state index contributed by atoms with van der Waals surface area (Å²) in [7, 11) is -3.59. The van der Waals surface area contributed by atoms with Gasteiger partial charge in [-0.2, -0.15) is 4.31 Å². The van der Waals surface area contributed by atoms with Crippen molar-refractivity contribution in [2.75, 3.05) is 13.1 Å². The predicted octanol–water partition coefficient (Wildman–Crippen LogP) is 2.23. The topological polar surface area (TPSA) is 78.8 Å². The average molecular weight is 401 g/mol. The second-order valence-corrected chi connectivity index (χ2v) is 9.11. The number of hydrogen-bond donors (Lipinski definition) is 1. The van der Waals surface area contributed by atoms with Gasteiger partial charge in [0.05, 0.1) is 4.90 Å². The summed E-state index contributed by atoms with van der Waals surface area (Å²) in [5, 5.41) is 2.87. The van der Waals surface area contributed by atoms with E-state index in [2.05, 4.69) is 10.3 Å². The third kappa shape index (κ3) is 3.33. The van der Waals surface area contributed by atoms with Crippen LogP contribution in [0.2, 0.25) is 0 Å². The number of aryl methyl sites for hydroxylation is 1. The Morgan fingerprint density at radius 3 is 2.43 bits per heavy atom. The Kier molecular flexibility index (Phi) is 4.55. The number of carbonyl (C=O) groups excluding carboxylic acids is 1. The number of nitrogens with zero attached hydrogens (tertiary/aromatic N) is 2. The quantitative estimate of drug-likeness (QED) is 0.857. The molecule has 2 aliphatic rings. The number of hydrogen-bond acceptors (Lipinski definition) is 4. The number of halogens is 1. The van der Waals surface area contributed by atoms with Crippen molar-refractivity contribution in [1.29, 1.82) is 0 Å². The third-order valence-corrected chi connectivity index (χ3v) is 7.11. The van der Waals surface area contributed by atoms with Gasteiger partial charge in [0, 0.05) is 31.5 Å². The Hall–Kier alpha value is -2.58. The zero-order valence-electron chi connectivity index (χ0n) is 15.4. The van der Waals surface area contributed by atoms with Crippen LogP contribution < -0.4 is 5.32 Å². The lowest BCUT2D eigenvalue weighted by atomic mass is 10.00. The summed E-state index contributed by atoms with van der Waals surface area (Å²) < 4.78 is 40.6. The fourth-order valence-electron chi connectivity index (χ4n) is 3.59. The molecule has 0 radical (unpaired) electrons. The second kappa shape index (κ2) is 6.79. The number of piperidine rings is 1. The summed E-state index contributed by atoms with van der Waals surface area (Å²) in [6.07, 6.45) is 0.727. The molecular formula is C20H20FN3O3S. The first-order valence-corrected chi connectivity index (χ1v) is 10.5. The molecule has 8 heteroatoms. The average Bonchev–Trinajstić information content (AvgIpc) is 2.98. The van der Waals surface area contributed by atoms with E-state index in [9.17, 15) is 17.6 Å². The number of aliphatic imine (C=N–C) groups is 1. The number of sulfonamides is 1. The van der Waals surface area contributed by atoms with Gasteiger partial charge in [0.1, 0.15) is 17.2 Å². The highest BCUT2D eigenvalue weighted by molar-refractivity contribution is 7.89. The summed E-state index contributed by atoms with van der Waals surface area (Å²) in [6.45, 7) is 2.39. The van der Waals surface area contributed by atoms with Crippen LogP contribution in [-0.4, -0.2) is 43.1 Å². The van der Waals surface area contributed by atoms with Crippen molar-refractivity contribution in [2.45, 2.75) is 30.3 Å². The molecule has 0 aromatic heterocycles. The van der Waals surface area contributed by atoms with Gasteiger partial charge in [0.2, 0.25) is 10.0 Å². The van der Waals surface area contributed by atoms with Crippen LogP contribution in [0.5, 0.6) is 0 Å². The normalized spacial score (nSPS) is 19.5. The maximum Gasteiger partial charge on any atom is 0.272 e. The van der Waals surface area contributed by atoms with Gasteiger partial charge in [-0.05, 0) is 31.2 Å². The van der Waals surface area contributed by atoms with Crippen molar-refractivity contribution in [3.8, 4) is 0 Å². The van der Waals surface area contributed by atoms with Gasteiger partial charge in [0.25, 0.3) is 5.91 Å². The molecule has 0 saturated carbocycles. The van der Waals surface area contributed by atoms with Crippen LogP contribution in [-0.2, 0) is 14.8 Å². The SMILES string of the molecule is Cc1ccc(S(=O)(=O)N2CCC3(CC2)N=C(c2cccc(F)c2)C(=O)N3)cc1. The monoisotopic (exact) mass is 401 g/mol. The smallest absolute Gasteiger partial charge is 0.272 e. The summed E-state index contributed by atoms with van der Waals surface area (Å²) >= 11 is 0. The number of carbonyl (C=O) groups is 1. The van der Waals surface area contributed by atoms with Crippen molar-refractivity contribution in [3.05, 3.63) is 65.5 Å². The summed E-state index contributed by atoms with van der Waals surface area (Å²) in [4.78, 5) is 17.2. The van der Waals surface area contributed by atoms with Gasteiger partial charge in [0.15, 0.2) is 0 Å². The molecule has 2 aromatic carbocycles. The van der Waals surface area contributed by atoms with Crippen LogP contribution in [0.1, 0.15) is 24.0 Å². The molecule has 4 rings (SSSR count). The minimum Gasteiger partial charge on any atom is -0.326 e. The van der Waals surface area contributed by atoms with E-state index in [-0.39, 0.29) is 29.6 Å². The fourth-order valence-corrected chi connectivity index (χ4v) is 5.03. The number of benzene rings is 2. The van der Waals surface area contributed by atoms with Crippen molar-refractivity contribution < 1.29 is 17.6 Å². The molecular weight excluding hydrogens is 381 g/mol. The Morgan fingerprint density at radius 2 is 1.79 bits per heavy atom. The van der Waals surface area contributed by atoms with E-state index in [0.717, 1.165) is 5.56 Å². The van der Waals surface area contributed by atoms with Crippen LogP contribution in [0.3, 0.4) is 0 Å². The zero-order chi connectivity index (χ0) is 19.9. The van der Waals surface area contributed by atoms with Gasteiger partial charge in [-0.25, -0.2) is 12.8 Å². The lowest BCUT2D eigenvalue weighted by molar-refractivity contribution is -0.115. The van der Waals surface area contributed by atoms with Gasteiger partial charge < -0.3 is 5.32 Å². The van der Waals surface area contributed by atoms with Gasteiger partial charge in [-0.1, -0.05) is 29.8 Å². The highest BCUT2D eigenvalue weighted by Crippen LogP contribution is 2.31. The van der Waals surface area contributed by atoms with Crippen molar-refractivity contribution in [1.82, 2.24) is 9.62 Å². The Bertz CT molecular complexity index is 1060. The Morgan fingerprint density at radius 1 is 1.11 bits per heavy atom. The van der Waals surface area contributed by atoms with E-state index in [0.29, 0.717) is 18.4 Å². The Balaban J connectivity index is 1.54. The minimum absolute atomic E-state index is 0.189. The van der Waals surface area contributed by atoms with Crippen molar-refractivity contribution in [2.24, 2.45) is 4.99 Å². The number of amides is 1. The molecule has 1 amide bonds. The minimum atomic E-state index is -3.59. The van der Waals surface area contributed by atoms with E-state index < -0.39 is 21.5 Å². The number of nitrogens with one attached hydrogen (secondary N) is 1. The summed E-state index contributed by atoms with van der Waals surface area (Å²) in [5.41, 5.74) is 0.765. The van der Waals surface area contributed by atoms with E-state index in [1.54, 1.807) is 30.3 Å². The van der Waals surface area contributed by atoms with Crippen LogP contribution in [0.25, 0.3) is 0 Å². The third-order valence-electron chi connectivity index (χ3n) is 5.19. The van der Waals surface area contributed by atoms with Crippen LogP contribution in [0, 0.1) is 12.7 Å². The molecule has 2 aliphatic heterocycles. The molecule has 1 N–H and O–H groups in total. The standard InChI is InChI=1S/C20H20FN3O3S/c1-14-5-7-17(8-6-14)28(26,27)24-11-9-20(10-12-24)22-18(19(25)23-20)15-3-2-4-16(21)13-15/h2-8,13H,9-12H2,1H3,(H,23,25). The zero-order valence-corrected chi connectivity index (χ0v) is 16.2. The summed E-state index contributed by atoms with van der Waals surface area (Å²) in [6, 6.07) is 12.5. The van der Waals surface area contributed by atoms with Crippen molar-refractivity contribution in [3.63, 3.8) is 0 Å². The molecule has 0 atom stereocenters. The highest BCUT2D eigenvalue weighted by Gasteiger charge is 2.44. The number of rotatable bonds is 3. The molecule has 0 bridgehead atoms. The molecule has 2 aromatic rings. The second-order valence-electron chi connectivity index (χ2n) is 7.17. The van der Waals surface area contributed by atoms with Crippen molar-refractivity contribution >= 4 is 21.6 Å². The molecule has 1 fully saturated rings. The van der Waals surface area contributed by atoms with E-state index in [1.807, 2.05) is 6.92 Å². The predicted molar refractivity (Wildman–Crippen MR) is 103 cm³/mol. The molecule has 1 saturated heterocycles. The van der Waals surface area contributed by atoms with Crippen LogP contribution in [0.15, 0.2) is 58.4 Å². The highest BCUT2D eigenvalue weighted by atomic mass is 32.2. The maximum atomic E-state index is 13.5. The van der Waals surface area contributed by atoms with Gasteiger partial charge in [-0.15, -0.1) is 0 Å². The summed E-state index contributed by atoms with van der Waals surface area (Å²) in [5.74, 6) is -0.798. The molecule has 2 heterocycles. The van der Waals surface area contributed by atoms with Crippen LogP contribution in [0.4, 0.5) is 4.39 Å². The van der Waals surface area contributed by atoms with E-state index in [4.69, 9.17) is 0 Å². The van der Waals surface area contributed by atoms with Gasteiger partial charge >= 0.3 is 0 Å². The van der Waals surface area contributed by atoms with E-state index >= 15 is 0 Å². The van der Waals surface area contributed by atoms with E-state index in [1.165, 1.54) is 22.5 Å². The fraction of sp³-hybridized carbons (Fsp3) is 0.300. The lowest BCUT2D eigenvalue weighted by Gasteiger charge is -2.36. The molecule has 1 spiro atoms. The van der Waals surface area contributed by atoms with Gasteiger partial charge in [-0.3, -0.25) is 9.79 Å². The molecule has 28 heavy (non-hydrogen) atoms. The first-order valence-electron chi connectivity index (χ1n) is 9.04. The molecule has 146 valence electrons. The largest absolute Gasteiger partial charge is 0.326 e. The first kappa shape index (κ1) is 18.8. The molecule has 6 nitrogen and oxygen atoms in total. The molecule has 0 aliphatic carbocycles. The Labute approximate surface area is 163 Å². The maximum absolute atomic E-state index is 13.5.